The molecule has 1 aliphatic heterocycles. The van der Waals surface area contributed by atoms with Gasteiger partial charge in [-0.1, -0.05) is 28.4 Å². The first-order valence-electron chi connectivity index (χ1n) is 9.91. The Labute approximate surface area is 197 Å². The largest absolute Gasteiger partial charge is 0.461 e. The summed E-state index contributed by atoms with van der Waals surface area (Å²) < 4.78 is 10.2. The van der Waals surface area contributed by atoms with Gasteiger partial charge in [0, 0.05) is 36.1 Å². The summed E-state index contributed by atoms with van der Waals surface area (Å²) >= 11 is 13.3. The van der Waals surface area contributed by atoms with Crippen LogP contribution in [0.1, 0.15) is 41.2 Å². The van der Waals surface area contributed by atoms with Gasteiger partial charge in [-0.2, -0.15) is 0 Å². The number of esters is 1. The zero-order valence-corrected chi connectivity index (χ0v) is 19.3. The van der Waals surface area contributed by atoms with Crippen molar-refractivity contribution in [2.24, 2.45) is 0 Å². The maximum atomic E-state index is 12.6. The minimum atomic E-state index is -0.528. The molecule has 1 N–H and O–H groups in total. The van der Waals surface area contributed by atoms with E-state index in [0.29, 0.717) is 30.2 Å². The van der Waals surface area contributed by atoms with Crippen molar-refractivity contribution in [2.75, 3.05) is 25.0 Å². The Morgan fingerprint density at radius 3 is 2.62 bits per heavy atom. The maximum absolute atomic E-state index is 12.6. The minimum Gasteiger partial charge on any atom is -0.461 e. The normalized spacial score (nSPS) is 14.4. The van der Waals surface area contributed by atoms with Crippen molar-refractivity contribution in [2.45, 2.75) is 25.7 Å². The quantitative estimate of drug-likeness (QED) is 0.387. The number of hydrogen-bond donors (Lipinski definition) is 1. The second-order valence-corrected chi connectivity index (χ2v) is 8.72. The fourth-order valence-electron chi connectivity index (χ4n) is 3.35. The van der Waals surface area contributed by atoms with Gasteiger partial charge in [-0.3, -0.25) is 0 Å². The van der Waals surface area contributed by atoms with Crippen LogP contribution in [0.3, 0.4) is 0 Å². The number of ether oxygens (including phenoxy) is 1. The molecule has 3 aromatic rings. The number of amides is 2. The Balaban J connectivity index is 1.34. The highest BCUT2D eigenvalue weighted by atomic mass is 35.5. The molecule has 1 fully saturated rings. The number of nitrogens with one attached hydrogen (secondary N) is 1. The van der Waals surface area contributed by atoms with E-state index in [2.05, 4.69) is 20.4 Å². The molecular formula is C20H19Cl2N5O4S. The summed E-state index contributed by atoms with van der Waals surface area (Å²) in [7, 11) is 0. The number of hydrogen-bond acceptors (Lipinski definition) is 8. The first-order chi connectivity index (χ1) is 15.4. The van der Waals surface area contributed by atoms with Crippen LogP contribution in [0.4, 0.5) is 10.5 Å². The third-order valence-corrected chi connectivity index (χ3v) is 6.31. The predicted octanol–water partition coefficient (Wildman–Crippen LogP) is 5.09. The van der Waals surface area contributed by atoms with Crippen LogP contribution in [0.5, 0.6) is 0 Å². The number of thiazole rings is 1. The standard InChI is InChI=1S/C20H19Cl2N5O4S/c1-2-30-19(28)13-9-15(31-26-13)14-10-32-18(24-14)11-3-5-27(6-4-11)20(29)23-12-7-16(21)25-17(22)8-12/h7-11H,2-6H2,1H3,(H,23,25,29). The number of piperidine rings is 1. The topological polar surface area (TPSA) is 110 Å². The van der Waals surface area contributed by atoms with E-state index >= 15 is 0 Å². The molecule has 0 atom stereocenters. The van der Waals surface area contributed by atoms with E-state index in [0.717, 1.165) is 17.8 Å². The Morgan fingerprint density at radius 2 is 1.94 bits per heavy atom. The lowest BCUT2D eigenvalue weighted by molar-refractivity contribution is 0.0514. The molecule has 0 spiro atoms. The van der Waals surface area contributed by atoms with Crippen LogP contribution < -0.4 is 5.32 Å². The fraction of sp³-hybridized carbons (Fsp3) is 0.350. The van der Waals surface area contributed by atoms with E-state index in [1.54, 1.807) is 24.0 Å². The Morgan fingerprint density at radius 1 is 1.22 bits per heavy atom. The molecule has 0 aliphatic carbocycles. The second kappa shape index (κ2) is 9.85. The molecule has 32 heavy (non-hydrogen) atoms. The lowest BCUT2D eigenvalue weighted by atomic mass is 9.98. The van der Waals surface area contributed by atoms with Gasteiger partial charge >= 0.3 is 12.0 Å². The van der Waals surface area contributed by atoms with Crippen molar-refractivity contribution in [1.82, 2.24) is 20.0 Å². The summed E-state index contributed by atoms with van der Waals surface area (Å²) in [4.78, 5) is 34.6. The third-order valence-electron chi connectivity index (χ3n) is 4.91. The van der Waals surface area contributed by atoms with Crippen LogP contribution in [0, 0.1) is 0 Å². The Kier molecular flexibility index (Phi) is 6.92. The lowest BCUT2D eigenvalue weighted by Gasteiger charge is -2.31. The van der Waals surface area contributed by atoms with Crippen molar-refractivity contribution < 1.29 is 18.8 Å². The molecule has 4 heterocycles. The van der Waals surface area contributed by atoms with Crippen LogP contribution in [-0.4, -0.2) is 51.7 Å². The van der Waals surface area contributed by atoms with Crippen molar-refractivity contribution in [3.63, 3.8) is 0 Å². The zero-order chi connectivity index (χ0) is 22.7. The van der Waals surface area contributed by atoms with Crippen LogP contribution >= 0.6 is 34.5 Å². The number of carbonyl (C=O) groups excluding carboxylic acids is 2. The van der Waals surface area contributed by atoms with Gasteiger partial charge in [0.2, 0.25) is 0 Å². The number of nitrogens with zero attached hydrogens (tertiary/aromatic N) is 4. The highest BCUT2D eigenvalue weighted by Gasteiger charge is 2.26. The molecule has 1 saturated heterocycles. The number of carbonyl (C=O) groups is 2. The smallest absolute Gasteiger partial charge is 0.360 e. The molecule has 0 radical (unpaired) electrons. The summed E-state index contributed by atoms with van der Waals surface area (Å²) in [5, 5.41) is 9.82. The molecule has 1 aliphatic rings. The molecule has 9 nitrogen and oxygen atoms in total. The molecule has 2 amide bonds. The molecule has 4 rings (SSSR count). The molecule has 0 saturated carbocycles. The molecule has 0 bridgehead atoms. The molecule has 168 valence electrons. The highest BCUT2D eigenvalue weighted by Crippen LogP contribution is 2.33. The monoisotopic (exact) mass is 495 g/mol. The van der Waals surface area contributed by atoms with Crippen molar-refractivity contribution in [3.8, 4) is 11.5 Å². The number of anilines is 1. The van der Waals surface area contributed by atoms with E-state index < -0.39 is 5.97 Å². The average molecular weight is 496 g/mol. The SMILES string of the molecule is CCOC(=O)c1cc(-c2csc(C3CCN(C(=O)Nc4cc(Cl)nc(Cl)c4)CC3)n2)on1. The third kappa shape index (κ3) is 5.20. The second-order valence-electron chi connectivity index (χ2n) is 7.06. The van der Waals surface area contributed by atoms with Crippen LogP contribution in [0.25, 0.3) is 11.5 Å². The molecule has 0 unspecified atom stereocenters. The van der Waals surface area contributed by atoms with Gasteiger partial charge in [-0.15, -0.1) is 11.3 Å². The summed E-state index contributed by atoms with van der Waals surface area (Å²) in [5.74, 6) is 0.122. The number of rotatable bonds is 5. The zero-order valence-electron chi connectivity index (χ0n) is 17.0. The summed E-state index contributed by atoms with van der Waals surface area (Å²) in [6.45, 7) is 3.17. The van der Waals surface area contributed by atoms with Gasteiger partial charge in [0.15, 0.2) is 11.5 Å². The molecular weight excluding hydrogens is 477 g/mol. The first-order valence-corrected chi connectivity index (χ1v) is 11.5. The van der Waals surface area contributed by atoms with E-state index in [1.165, 1.54) is 17.4 Å². The van der Waals surface area contributed by atoms with Crippen LogP contribution in [-0.2, 0) is 4.74 Å². The molecule has 3 aromatic heterocycles. The number of aromatic nitrogens is 3. The van der Waals surface area contributed by atoms with Gasteiger partial charge in [0.25, 0.3) is 0 Å². The van der Waals surface area contributed by atoms with Crippen molar-refractivity contribution in [3.05, 3.63) is 44.6 Å². The van der Waals surface area contributed by atoms with Gasteiger partial charge in [-0.05, 0) is 31.9 Å². The van der Waals surface area contributed by atoms with E-state index in [9.17, 15) is 9.59 Å². The molecule has 12 heteroatoms. The van der Waals surface area contributed by atoms with E-state index in [1.807, 2.05) is 5.38 Å². The Bertz CT molecular complexity index is 1110. The first kappa shape index (κ1) is 22.5. The minimum absolute atomic E-state index is 0.118. The summed E-state index contributed by atoms with van der Waals surface area (Å²) in [6.07, 6.45) is 1.56. The van der Waals surface area contributed by atoms with E-state index in [4.69, 9.17) is 32.5 Å². The van der Waals surface area contributed by atoms with Gasteiger partial charge in [0.1, 0.15) is 16.0 Å². The number of pyridine rings is 1. The van der Waals surface area contributed by atoms with Crippen LogP contribution in [0.15, 0.2) is 28.1 Å². The summed E-state index contributed by atoms with van der Waals surface area (Å²) in [5.41, 5.74) is 1.24. The van der Waals surface area contributed by atoms with Crippen molar-refractivity contribution in [1.29, 1.82) is 0 Å². The van der Waals surface area contributed by atoms with Crippen molar-refractivity contribution >= 4 is 52.2 Å². The van der Waals surface area contributed by atoms with Gasteiger partial charge < -0.3 is 19.5 Å². The van der Waals surface area contributed by atoms with E-state index in [-0.39, 0.29) is 34.6 Å². The molecule has 0 aromatic carbocycles. The number of likely N-dealkylation sites (tertiary alicyclic amines) is 1. The maximum Gasteiger partial charge on any atom is 0.360 e. The van der Waals surface area contributed by atoms with Crippen LogP contribution in [0.2, 0.25) is 10.3 Å². The average Bonchev–Trinajstić information content (AvgIpc) is 3.43. The Hall–Kier alpha value is -2.69. The predicted molar refractivity (Wildman–Crippen MR) is 120 cm³/mol. The number of halogens is 2. The fourth-order valence-corrected chi connectivity index (χ4v) is 4.80. The number of urea groups is 1. The lowest BCUT2D eigenvalue weighted by Crippen LogP contribution is -2.40. The van der Waals surface area contributed by atoms with Gasteiger partial charge in [0.05, 0.1) is 11.6 Å². The highest BCUT2D eigenvalue weighted by molar-refractivity contribution is 7.10. The van der Waals surface area contributed by atoms with Gasteiger partial charge in [-0.25, -0.2) is 19.6 Å². The summed E-state index contributed by atoms with van der Waals surface area (Å²) in [6, 6.07) is 4.41.